The van der Waals surface area contributed by atoms with Crippen molar-refractivity contribution < 1.29 is 4.39 Å². The summed E-state index contributed by atoms with van der Waals surface area (Å²) in [6.45, 7) is 2.61. The van der Waals surface area contributed by atoms with Crippen LogP contribution in [0.1, 0.15) is 16.7 Å². The average Bonchev–Trinajstić information content (AvgIpc) is 2.43. The number of hydrogen-bond donors (Lipinski definition) is 1. The molecule has 0 spiro atoms. The van der Waals surface area contributed by atoms with Crippen molar-refractivity contribution in [3.63, 3.8) is 0 Å². The number of rotatable bonds is 2. The van der Waals surface area contributed by atoms with E-state index in [4.69, 9.17) is 5.73 Å². The van der Waals surface area contributed by atoms with Gasteiger partial charge in [0.15, 0.2) is 0 Å². The van der Waals surface area contributed by atoms with Gasteiger partial charge in [-0.3, -0.25) is 4.90 Å². The average molecular weight is 256 g/mol. The molecule has 1 heterocycles. The summed E-state index contributed by atoms with van der Waals surface area (Å²) in [5, 5.41) is 0. The second-order valence-corrected chi connectivity index (χ2v) is 5.07. The SMILES string of the molecule is Nc1ccc(F)cc1CN1CCc2ccccc2C1. The van der Waals surface area contributed by atoms with E-state index in [1.54, 1.807) is 6.07 Å². The summed E-state index contributed by atoms with van der Waals surface area (Å²) in [7, 11) is 0. The number of nitrogen functional groups attached to an aromatic ring is 1. The number of hydrogen-bond acceptors (Lipinski definition) is 2. The number of nitrogens with zero attached hydrogens (tertiary/aromatic N) is 1. The summed E-state index contributed by atoms with van der Waals surface area (Å²) in [6, 6.07) is 13.1. The Labute approximate surface area is 112 Å². The Balaban J connectivity index is 1.77. The highest BCUT2D eigenvalue weighted by atomic mass is 19.1. The topological polar surface area (TPSA) is 29.3 Å². The van der Waals surface area contributed by atoms with Gasteiger partial charge in [0.05, 0.1) is 0 Å². The third-order valence-electron chi connectivity index (χ3n) is 3.71. The molecule has 1 aliphatic heterocycles. The molecule has 0 bridgehead atoms. The zero-order valence-corrected chi connectivity index (χ0v) is 10.8. The van der Waals surface area contributed by atoms with Gasteiger partial charge in [-0.05, 0) is 41.3 Å². The Morgan fingerprint density at radius 3 is 2.74 bits per heavy atom. The van der Waals surface area contributed by atoms with Crippen LogP contribution >= 0.6 is 0 Å². The van der Waals surface area contributed by atoms with Crippen molar-refractivity contribution in [1.29, 1.82) is 0 Å². The van der Waals surface area contributed by atoms with Crippen molar-refractivity contribution in [2.45, 2.75) is 19.5 Å². The van der Waals surface area contributed by atoms with Crippen LogP contribution in [0, 0.1) is 5.82 Å². The van der Waals surface area contributed by atoms with Gasteiger partial charge in [0.2, 0.25) is 0 Å². The van der Waals surface area contributed by atoms with Crippen LogP contribution < -0.4 is 5.73 Å². The standard InChI is InChI=1S/C16H17FN2/c17-15-5-6-16(18)14(9-15)11-19-8-7-12-3-1-2-4-13(12)10-19/h1-6,9H,7-8,10-11,18H2. The monoisotopic (exact) mass is 256 g/mol. The van der Waals surface area contributed by atoms with Crippen LogP contribution in [0.25, 0.3) is 0 Å². The molecule has 0 aliphatic carbocycles. The van der Waals surface area contributed by atoms with Crippen molar-refractivity contribution in [2.75, 3.05) is 12.3 Å². The Bertz CT molecular complexity index is 595. The fourth-order valence-electron chi connectivity index (χ4n) is 2.64. The molecule has 2 nitrogen and oxygen atoms in total. The summed E-state index contributed by atoms with van der Waals surface area (Å²) >= 11 is 0. The summed E-state index contributed by atoms with van der Waals surface area (Å²) in [4.78, 5) is 2.31. The Hall–Kier alpha value is -1.87. The maximum Gasteiger partial charge on any atom is 0.123 e. The summed E-state index contributed by atoms with van der Waals surface area (Å²) in [6.07, 6.45) is 1.05. The lowest BCUT2D eigenvalue weighted by atomic mass is 9.99. The lowest BCUT2D eigenvalue weighted by Crippen LogP contribution is -2.30. The Morgan fingerprint density at radius 1 is 1.11 bits per heavy atom. The number of fused-ring (bicyclic) bond motifs is 1. The fourth-order valence-corrected chi connectivity index (χ4v) is 2.64. The predicted octanol–water partition coefficient (Wildman–Crippen LogP) is 2.97. The normalized spacial score (nSPS) is 15.2. The highest BCUT2D eigenvalue weighted by Gasteiger charge is 2.16. The van der Waals surface area contributed by atoms with Crippen LogP contribution in [0.5, 0.6) is 0 Å². The zero-order chi connectivity index (χ0) is 13.2. The van der Waals surface area contributed by atoms with E-state index in [9.17, 15) is 4.39 Å². The fraction of sp³-hybridized carbons (Fsp3) is 0.250. The maximum absolute atomic E-state index is 13.3. The minimum atomic E-state index is -0.221. The molecule has 0 atom stereocenters. The van der Waals surface area contributed by atoms with Gasteiger partial charge >= 0.3 is 0 Å². The van der Waals surface area contributed by atoms with Crippen LogP contribution in [0.2, 0.25) is 0 Å². The molecule has 98 valence electrons. The summed E-state index contributed by atoms with van der Waals surface area (Å²) < 4.78 is 13.3. The van der Waals surface area contributed by atoms with Crippen LogP contribution in [-0.4, -0.2) is 11.4 Å². The molecule has 0 fully saturated rings. The molecule has 2 aromatic rings. The summed E-state index contributed by atoms with van der Waals surface area (Å²) in [5.41, 5.74) is 10.2. The maximum atomic E-state index is 13.3. The van der Waals surface area contributed by atoms with Crippen molar-refractivity contribution in [1.82, 2.24) is 4.90 Å². The molecule has 0 radical (unpaired) electrons. The molecule has 2 N–H and O–H groups in total. The van der Waals surface area contributed by atoms with Gasteiger partial charge in [0.1, 0.15) is 5.82 Å². The Kier molecular flexibility index (Phi) is 3.22. The lowest BCUT2D eigenvalue weighted by molar-refractivity contribution is 0.245. The van der Waals surface area contributed by atoms with Crippen molar-refractivity contribution in [3.05, 3.63) is 65.0 Å². The largest absolute Gasteiger partial charge is 0.398 e. The van der Waals surface area contributed by atoms with Crippen molar-refractivity contribution in [2.24, 2.45) is 0 Å². The second-order valence-electron chi connectivity index (χ2n) is 5.07. The first-order valence-electron chi connectivity index (χ1n) is 6.55. The number of nitrogens with two attached hydrogens (primary N) is 1. The Morgan fingerprint density at radius 2 is 1.89 bits per heavy atom. The molecular weight excluding hydrogens is 239 g/mol. The van der Waals surface area contributed by atoms with Gasteiger partial charge in [-0.15, -0.1) is 0 Å². The molecule has 3 rings (SSSR count). The third kappa shape index (κ3) is 2.61. The predicted molar refractivity (Wildman–Crippen MR) is 75.1 cm³/mol. The van der Waals surface area contributed by atoms with E-state index in [-0.39, 0.29) is 5.82 Å². The first kappa shape index (κ1) is 12.2. The van der Waals surface area contributed by atoms with Gasteiger partial charge < -0.3 is 5.73 Å². The molecule has 0 unspecified atom stereocenters. The van der Waals surface area contributed by atoms with Gasteiger partial charge in [0, 0.05) is 25.3 Å². The van der Waals surface area contributed by atoms with E-state index in [2.05, 4.69) is 29.2 Å². The third-order valence-corrected chi connectivity index (χ3v) is 3.71. The summed E-state index contributed by atoms with van der Waals surface area (Å²) in [5.74, 6) is -0.221. The van der Waals surface area contributed by atoms with Crippen LogP contribution in [0.4, 0.5) is 10.1 Å². The molecule has 0 aromatic heterocycles. The molecule has 3 heteroatoms. The van der Waals surface area contributed by atoms with E-state index in [1.165, 1.54) is 23.3 Å². The molecular formula is C16H17FN2. The second kappa shape index (κ2) is 5.02. The molecule has 1 aliphatic rings. The lowest BCUT2D eigenvalue weighted by Gasteiger charge is -2.29. The first-order chi connectivity index (χ1) is 9.22. The molecule has 0 saturated carbocycles. The van der Waals surface area contributed by atoms with Gasteiger partial charge in [-0.2, -0.15) is 0 Å². The van der Waals surface area contributed by atoms with Crippen molar-refractivity contribution >= 4 is 5.69 Å². The van der Waals surface area contributed by atoms with Gasteiger partial charge in [-0.25, -0.2) is 4.39 Å². The minimum absolute atomic E-state index is 0.221. The quantitative estimate of drug-likeness (QED) is 0.837. The molecule has 0 amide bonds. The smallest absolute Gasteiger partial charge is 0.123 e. The first-order valence-corrected chi connectivity index (χ1v) is 6.55. The minimum Gasteiger partial charge on any atom is -0.398 e. The molecule has 19 heavy (non-hydrogen) atoms. The van der Waals surface area contributed by atoms with E-state index in [1.807, 2.05) is 0 Å². The van der Waals surface area contributed by atoms with E-state index >= 15 is 0 Å². The van der Waals surface area contributed by atoms with Crippen molar-refractivity contribution in [3.8, 4) is 0 Å². The number of halogens is 1. The van der Waals surface area contributed by atoms with E-state index in [0.717, 1.165) is 25.1 Å². The molecule has 2 aromatic carbocycles. The van der Waals surface area contributed by atoms with Gasteiger partial charge in [-0.1, -0.05) is 24.3 Å². The van der Waals surface area contributed by atoms with Crippen LogP contribution in [0.15, 0.2) is 42.5 Å². The number of anilines is 1. The van der Waals surface area contributed by atoms with E-state index < -0.39 is 0 Å². The molecule has 0 saturated heterocycles. The van der Waals surface area contributed by atoms with Crippen LogP contribution in [-0.2, 0) is 19.5 Å². The van der Waals surface area contributed by atoms with Crippen LogP contribution in [0.3, 0.4) is 0 Å². The zero-order valence-electron chi connectivity index (χ0n) is 10.8. The highest BCUT2D eigenvalue weighted by molar-refractivity contribution is 5.46. The number of benzene rings is 2. The van der Waals surface area contributed by atoms with Gasteiger partial charge in [0.25, 0.3) is 0 Å². The highest BCUT2D eigenvalue weighted by Crippen LogP contribution is 2.22. The van der Waals surface area contributed by atoms with E-state index in [0.29, 0.717) is 12.2 Å².